The number of allylic oxidation sites excluding steroid dienone is 1. The van der Waals surface area contributed by atoms with Crippen molar-refractivity contribution in [3.05, 3.63) is 23.3 Å². The number of hydrazine groups is 1. The molecule has 2 N–H and O–H groups in total. The molecule has 0 radical (unpaired) electrons. The molecule has 0 aromatic rings. The monoisotopic (exact) mass is 266 g/mol. The highest BCUT2D eigenvalue weighted by Gasteiger charge is 2.08. The Morgan fingerprint density at radius 3 is 2.16 bits per heavy atom. The molecule has 0 unspecified atom stereocenters. The largest absolute Gasteiger partial charge is 0.287 e. The summed E-state index contributed by atoms with van der Waals surface area (Å²) in [6.07, 6.45) is 7.52. The number of amides is 1. The molecule has 3 heteroatoms. The van der Waals surface area contributed by atoms with Gasteiger partial charge in [-0.2, -0.15) is 0 Å². The van der Waals surface area contributed by atoms with E-state index in [1.807, 2.05) is 20.8 Å². The van der Waals surface area contributed by atoms with Crippen LogP contribution in [0, 0.1) is 0 Å². The normalized spacial score (nSPS) is 10.1. The quantitative estimate of drug-likeness (QED) is 0.273. The number of hydrogen-bond acceptors (Lipinski definition) is 2. The van der Waals surface area contributed by atoms with Gasteiger partial charge in [0, 0.05) is 12.1 Å². The van der Waals surface area contributed by atoms with E-state index in [0.717, 1.165) is 24.1 Å². The molecule has 110 valence electrons. The zero-order chi connectivity index (χ0) is 14.7. The number of carbonyl (C=O) groups excluding carboxylic acids is 1. The van der Waals surface area contributed by atoms with Crippen molar-refractivity contribution < 1.29 is 4.79 Å². The summed E-state index contributed by atoms with van der Waals surface area (Å²) in [4.78, 5) is 11.8. The van der Waals surface area contributed by atoms with Crippen molar-refractivity contribution in [2.45, 2.75) is 66.2 Å². The molecule has 0 atom stereocenters. The predicted octanol–water partition coefficient (Wildman–Crippen LogP) is 3.88. The lowest BCUT2D eigenvalue weighted by Gasteiger charge is -2.10. The van der Waals surface area contributed by atoms with E-state index < -0.39 is 0 Å². The second-order valence-corrected chi connectivity index (χ2v) is 5.25. The molecule has 0 saturated carbocycles. The first-order valence-electron chi connectivity index (χ1n) is 7.37. The summed E-state index contributed by atoms with van der Waals surface area (Å²) in [5.74, 6) is -0.135. The maximum absolute atomic E-state index is 11.8. The van der Waals surface area contributed by atoms with Crippen LogP contribution in [0.3, 0.4) is 0 Å². The van der Waals surface area contributed by atoms with Crippen molar-refractivity contribution >= 4 is 5.91 Å². The van der Waals surface area contributed by atoms with Crippen LogP contribution in [0.5, 0.6) is 0 Å². The maximum Gasteiger partial charge on any atom is 0.265 e. The van der Waals surface area contributed by atoms with Gasteiger partial charge in [-0.05, 0) is 32.8 Å². The minimum Gasteiger partial charge on any atom is -0.287 e. The topological polar surface area (TPSA) is 41.1 Å². The van der Waals surface area contributed by atoms with Gasteiger partial charge in [0.25, 0.3) is 5.91 Å². The summed E-state index contributed by atoms with van der Waals surface area (Å²) < 4.78 is 0. The fraction of sp³-hybridized carbons (Fsp3) is 0.688. The molecule has 19 heavy (non-hydrogen) atoms. The SMILES string of the molecule is C=C(C(=O)NNCCCCCCCC)C(C)=C(C)C. The van der Waals surface area contributed by atoms with Crippen molar-refractivity contribution in [1.82, 2.24) is 10.9 Å². The Bertz CT molecular complexity index is 315. The molecule has 0 fully saturated rings. The summed E-state index contributed by atoms with van der Waals surface area (Å²) in [5, 5.41) is 0. The maximum atomic E-state index is 11.8. The van der Waals surface area contributed by atoms with Crippen LogP contribution in [0.1, 0.15) is 66.2 Å². The minimum atomic E-state index is -0.135. The van der Waals surface area contributed by atoms with E-state index in [0.29, 0.717) is 5.57 Å². The van der Waals surface area contributed by atoms with E-state index in [-0.39, 0.29) is 5.91 Å². The highest BCUT2D eigenvalue weighted by atomic mass is 16.2. The Labute approximate surface area is 118 Å². The van der Waals surface area contributed by atoms with Gasteiger partial charge in [-0.15, -0.1) is 0 Å². The van der Waals surface area contributed by atoms with E-state index >= 15 is 0 Å². The average Bonchev–Trinajstić information content (AvgIpc) is 2.39. The van der Waals surface area contributed by atoms with Gasteiger partial charge in [-0.25, -0.2) is 5.43 Å². The molecule has 0 spiro atoms. The second-order valence-electron chi connectivity index (χ2n) is 5.25. The average molecular weight is 266 g/mol. The van der Waals surface area contributed by atoms with Crippen molar-refractivity contribution in [3.8, 4) is 0 Å². The molecule has 0 rings (SSSR count). The zero-order valence-electron chi connectivity index (χ0n) is 13.1. The standard InChI is InChI=1S/C16H30N2O/c1-6-7-8-9-10-11-12-17-18-16(19)15(5)14(4)13(2)3/h17H,5-12H2,1-4H3,(H,18,19). The lowest BCUT2D eigenvalue weighted by Crippen LogP contribution is -2.38. The zero-order valence-corrected chi connectivity index (χ0v) is 13.1. The number of nitrogens with one attached hydrogen (secondary N) is 2. The van der Waals surface area contributed by atoms with Crippen LogP contribution < -0.4 is 10.9 Å². The summed E-state index contributed by atoms with van der Waals surface area (Å²) in [6.45, 7) is 12.7. The highest BCUT2D eigenvalue weighted by Crippen LogP contribution is 2.11. The number of hydrogen-bond donors (Lipinski definition) is 2. The highest BCUT2D eigenvalue weighted by molar-refractivity contribution is 5.96. The van der Waals surface area contributed by atoms with Gasteiger partial charge in [0.1, 0.15) is 0 Å². The first kappa shape index (κ1) is 17.9. The molecule has 0 aromatic carbocycles. The van der Waals surface area contributed by atoms with Gasteiger partial charge >= 0.3 is 0 Å². The van der Waals surface area contributed by atoms with Gasteiger partial charge in [0.2, 0.25) is 0 Å². The van der Waals surface area contributed by atoms with E-state index in [1.165, 1.54) is 32.1 Å². The van der Waals surface area contributed by atoms with E-state index in [4.69, 9.17) is 0 Å². The summed E-state index contributed by atoms with van der Waals surface area (Å²) in [6, 6.07) is 0. The van der Waals surface area contributed by atoms with E-state index in [2.05, 4.69) is 24.4 Å². The fourth-order valence-electron chi connectivity index (χ4n) is 1.68. The smallest absolute Gasteiger partial charge is 0.265 e. The molecular weight excluding hydrogens is 236 g/mol. The van der Waals surface area contributed by atoms with E-state index in [9.17, 15) is 4.79 Å². The predicted molar refractivity (Wildman–Crippen MR) is 82.7 cm³/mol. The third-order valence-corrected chi connectivity index (χ3v) is 3.33. The third-order valence-electron chi connectivity index (χ3n) is 3.33. The van der Waals surface area contributed by atoms with Crippen LogP contribution in [0.2, 0.25) is 0 Å². The molecule has 0 aliphatic carbocycles. The lowest BCUT2D eigenvalue weighted by molar-refractivity contribution is -0.118. The Morgan fingerprint density at radius 1 is 1.00 bits per heavy atom. The van der Waals surface area contributed by atoms with Gasteiger partial charge in [-0.3, -0.25) is 10.2 Å². The molecular formula is C16H30N2O. The molecule has 0 aromatic heterocycles. The van der Waals surface area contributed by atoms with Crippen molar-refractivity contribution in [1.29, 1.82) is 0 Å². The minimum absolute atomic E-state index is 0.135. The summed E-state index contributed by atoms with van der Waals surface area (Å²) in [5.41, 5.74) is 8.28. The van der Waals surface area contributed by atoms with Crippen LogP contribution in [-0.4, -0.2) is 12.5 Å². The first-order chi connectivity index (χ1) is 9.00. The fourth-order valence-corrected chi connectivity index (χ4v) is 1.68. The van der Waals surface area contributed by atoms with Crippen LogP contribution in [-0.2, 0) is 4.79 Å². The van der Waals surface area contributed by atoms with Crippen molar-refractivity contribution in [2.75, 3.05) is 6.54 Å². The molecule has 1 amide bonds. The number of unbranched alkanes of at least 4 members (excludes halogenated alkanes) is 5. The van der Waals surface area contributed by atoms with Crippen LogP contribution >= 0.6 is 0 Å². The second kappa shape index (κ2) is 10.8. The van der Waals surface area contributed by atoms with Gasteiger partial charge < -0.3 is 0 Å². The Hall–Kier alpha value is -1.09. The van der Waals surface area contributed by atoms with Gasteiger partial charge in [0.05, 0.1) is 0 Å². The van der Waals surface area contributed by atoms with Crippen molar-refractivity contribution in [2.24, 2.45) is 0 Å². The van der Waals surface area contributed by atoms with Crippen LogP contribution in [0.15, 0.2) is 23.3 Å². The number of carbonyl (C=O) groups is 1. The van der Waals surface area contributed by atoms with Gasteiger partial charge in [-0.1, -0.05) is 51.2 Å². The van der Waals surface area contributed by atoms with Crippen LogP contribution in [0.4, 0.5) is 0 Å². The van der Waals surface area contributed by atoms with E-state index in [1.54, 1.807) is 0 Å². The Kier molecular flexibility index (Phi) is 10.2. The van der Waals surface area contributed by atoms with Crippen LogP contribution in [0.25, 0.3) is 0 Å². The molecule has 0 aliphatic heterocycles. The first-order valence-corrected chi connectivity index (χ1v) is 7.37. The molecule has 0 saturated heterocycles. The number of rotatable bonds is 10. The molecule has 3 nitrogen and oxygen atoms in total. The summed E-state index contributed by atoms with van der Waals surface area (Å²) >= 11 is 0. The van der Waals surface area contributed by atoms with Crippen molar-refractivity contribution in [3.63, 3.8) is 0 Å². The molecule has 0 bridgehead atoms. The summed E-state index contributed by atoms with van der Waals surface area (Å²) in [7, 11) is 0. The third kappa shape index (κ3) is 8.60. The Morgan fingerprint density at radius 2 is 1.58 bits per heavy atom. The Balaban J connectivity index is 3.65. The lowest BCUT2D eigenvalue weighted by atomic mass is 10.0. The molecule has 0 heterocycles. The molecule has 0 aliphatic rings. The van der Waals surface area contributed by atoms with Gasteiger partial charge in [0.15, 0.2) is 0 Å².